The maximum absolute atomic E-state index is 13.3. The third-order valence-corrected chi connectivity index (χ3v) is 9.14. The summed E-state index contributed by atoms with van der Waals surface area (Å²) in [6.45, 7) is 5.42. The second kappa shape index (κ2) is 8.47. The summed E-state index contributed by atoms with van der Waals surface area (Å²) in [5.41, 5.74) is 7.46. The molecule has 1 aliphatic heterocycles. The standard InChI is InChI=1S/C28H30N2O2S/c1-20-5-4-6-27(21(20)2)24-9-7-22(8-10-24)23-14-17-30(18-15-23)33(31,32)26-11-12-28-25(19-26)13-16-29(28)3/h4-13,16,19,23H,14-15,17-18H2,1-3H3. The first-order chi connectivity index (χ1) is 15.8. The van der Waals surface area contributed by atoms with Gasteiger partial charge in [0.05, 0.1) is 4.90 Å². The summed E-state index contributed by atoms with van der Waals surface area (Å²) in [6, 6.07) is 22.7. The zero-order valence-corrected chi connectivity index (χ0v) is 20.3. The van der Waals surface area contributed by atoms with Gasteiger partial charge in [0, 0.05) is 37.2 Å². The second-order valence-corrected chi connectivity index (χ2v) is 11.1. The van der Waals surface area contributed by atoms with Crippen molar-refractivity contribution in [3.05, 3.63) is 89.6 Å². The zero-order valence-electron chi connectivity index (χ0n) is 19.5. The molecule has 0 spiro atoms. The van der Waals surface area contributed by atoms with E-state index in [0.717, 1.165) is 23.7 Å². The molecule has 1 fully saturated rings. The Hall–Kier alpha value is -2.89. The third-order valence-electron chi connectivity index (χ3n) is 7.25. The van der Waals surface area contributed by atoms with Crippen LogP contribution in [0.4, 0.5) is 0 Å². The summed E-state index contributed by atoms with van der Waals surface area (Å²) in [7, 11) is -1.51. The second-order valence-electron chi connectivity index (χ2n) is 9.20. The monoisotopic (exact) mass is 458 g/mol. The highest BCUT2D eigenvalue weighted by atomic mass is 32.2. The minimum atomic E-state index is -3.48. The lowest BCUT2D eigenvalue weighted by Crippen LogP contribution is -2.37. The van der Waals surface area contributed by atoms with Gasteiger partial charge in [0.15, 0.2) is 0 Å². The molecule has 1 saturated heterocycles. The molecule has 0 amide bonds. The number of fused-ring (bicyclic) bond motifs is 1. The van der Waals surface area contributed by atoms with E-state index in [4.69, 9.17) is 0 Å². The molecule has 33 heavy (non-hydrogen) atoms. The molecule has 170 valence electrons. The highest BCUT2D eigenvalue weighted by Gasteiger charge is 2.30. The van der Waals surface area contributed by atoms with E-state index in [1.54, 1.807) is 16.4 Å². The first kappa shape index (κ1) is 21.9. The third kappa shape index (κ3) is 4.00. The Bertz CT molecular complexity index is 1410. The molecule has 1 aromatic heterocycles. The molecule has 0 bridgehead atoms. The molecular formula is C28H30N2O2S. The molecule has 1 aliphatic rings. The molecule has 2 heterocycles. The summed E-state index contributed by atoms with van der Waals surface area (Å²) < 4.78 is 30.2. The van der Waals surface area contributed by atoms with Crippen LogP contribution in [0, 0.1) is 13.8 Å². The number of aryl methyl sites for hydroxylation is 2. The lowest BCUT2D eigenvalue weighted by atomic mass is 9.88. The quantitative estimate of drug-likeness (QED) is 0.375. The Morgan fingerprint density at radius 1 is 0.879 bits per heavy atom. The molecular weight excluding hydrogens is 428 g/mol. The van der Waals surface area contributed by atoms with Crippen LogP contribution >= 0.6 is 0 Å². The fraction of sp³-hybridized carbons (Fsp3) is 0.286. The lowest BCUT2D eigenvalue weighted by Gasteiger charge is -2.31. The summed E-state index contributed by atoms with van der Waals surface area (Å²) in [6.07, 6.45) is 3.64. The van der Waals surface area contributed by atoms with Gasteiger partial charge >= 0.3 is 0 Å². The molecule has 0 atom stereocenters. The van der Waals surface area contributed by atoms with E-state index in [0.29, 0.717) is 23.9 Å². The number of nitrogens with zero attached hydrogens (tertiary/aromatic N) is 2. The molecule has 0 radical (unpaired) electrons. The molecule has 0 unspecified atom stereocenters. The lowest BCUT2D eigenvalue weighted by molar-refractivity contribution is 0.319. The van der Waals surface area contributed by atoms with E-state index >= 15 is 0 Å². The van der Waals surface area contributed by atoms with Crippen LogP contribution in [0.25, 0.3) is 22.0 Å². The Balaban J connectivity index is 1.29. The van der Waals surface area contributed by atoms with Gasteiger partial charge in [-0.05, 0) is 84.7 Å². The molecule has 4 nitrogen and oxygen atoms in total. The fourth-order valence-electron chi connectivity index (χ4n) is 5.00. The molecule has 5 heteroatoms. The number of aromatic nitrogens is 1. The van der Waals surface area contributed by atoms with Crippen LogP contribution in [0.5, 0.6) is 0 Å². The highest BCUT2D eigenvalue weighted by molar-refractivity contribution is 7.89. The van der Waals surface area contributed by atoms with E-state index in [9.17, 15) is 8.42 Å². The van der Waals surface area contributed by atoms with Crippen LogP contribution < -0.4 is 0 Å². The number of benzene rings is 3. The van der Waals surface area contributed by atoms with Crippen molar-refractivity contribution in [2.45, 2.75) is 37.5 Å². The molecule has 3 aromatic carbocycles. The summed E-state index contributed by atoms with van der Waals surface area (Å²) in [5.74, 6) is 0.390. The first-order valence-corrected chi connectivity index (χ1v) is 13.0. The van der Waals surface area contributed by atoms with E-state index in [1.807, 2.05) is 29.9 Å². The van der Waals surface area contributed by atoms with E-state index in [-0.39, 0.29) is 0 Å². The minimum Gasteiger partial charge on any atom is -0.351 e. The molecule has 0 saturated carbocycles. The first-order valence-electron chi connectivity index (χ1n) is 11.6. The maximum Gasteiger partial charge on any atom is 0.243 e. The van der Waals surface area contributed by atoms with E-state index in [1.165, 1.54) is 27.8 Å². The summed E-state index contributed by atoms with van der Waals surface area (Å²) in [4.78, 5) is 0.387. The van der Waals surface area contributed by atoms with Crippen LogP contribution in [0.1, 0.15) is 35.4 Å². The largest absolute Gasteiger partial charge is 0.351 e. The van der Waals surface area contributed by atoms with E-state index < -0.39 is 10.0 Å². The Morgan fingerprint density at radius 3 is 2.33 bits per heavy atom. The summed E-state index contributed by atoms with van der Waals surface area (Å²) >= 11 is 0. The average molecular weight is 459 g/mol. The zero-order chi connectivity index (χ0) is 23.2. The number of piperidine rings is 1. The van der Waals surface area contributed by atoms with Crippen LogP contribution in [-0.2, 0) is 17.1 Å². The predicted molar refractivity (Wildman–Crippen MR) is 135 cm³/mol. The fourth-order valence-corrected chi connectivity index (χ4v) is 6.50. The van der Waals surface area contributed by atoms with Gasteiger partial charge in [-0.2, -0.15) is 4.31 Å². The number of sulfonamides is 1. The van der Waals surface area contributed by atoms with Crippen molar-refractivity contribution in [3.63, 3.8) is 0 Å². The minimum absolute atomic E-state index is 0.387. The Morgan fingerprint density at radius 2 is 1.61 bits per heavy atom. The predicted octanol–water partition coefficient (Wildman–Crippen LogP) is 6.03. The van der Waals surface area contributed by atoms with Crippen LogP contribution in [0.2, 0.25) is 0 Å². The van der Waals surface area contributed by atoms with Crippen LogP contribution in [0.3, 0.4) is 0 Å². The van der Waals surface area contributed by atoms with Gasteiger partial charge < -0.3 is 4.57 Å². The number of rotatable bonds is 4. The highest BCUT2D eigenvalue weighted by Crippen LogP contribution is 2.33. The number of hydrogen-bond acceptors (Lipinski definition) is 2. The molecule has 0 N–H and O–H groups in total. The van der Waals surface area contributed by atoms with Gasteiger partial charge in [-0.25, -0.2) is 8.42 Å². The van der Waals surface area contributed by atoms with Gasteiger partial charge in [-0.3, -0.25) is 0 Å². The van der Waals surface area contributed by atoms with Crippen molar-refractivity contribution >= 4 is 20.9 Å². The van der Waals surface area contributed by atoms with E-state index in [2.05, 4.69) is 56.3 Å². The molecule has 0 aliphatic carbocycles. The number of hydrogen-bond donors (Lipinski definition) is 0. The van der Waals surface area contributed by atoms with Crippen molar-refractivity contribution in [2.24, 2.45) is 7.05 Å². The van der Waals surface area contributed by atoms with Crippen molar-refractivity contribution in [2.75, 3.05) is 13.1 Å². The molecule has 5 rings (SSSR count). The van der Waals surface area contributed by atoms with Crippen LogP contribution in [-0.4, -0.2) is 30.4 Å². The van der Waals surface area contributed by atoms with Crippen molar-refractivity contribution in [1.82, 2.24) is 8.87 Å². The smallest absolute Gasteiger partial charge is 0.243 e. The normalized spacial score (nSPS) is 15.8. The van der Waals surface area contributed by atoms with Gasteiger partial charge in [-0.15, -0.1) is 0 Å². The molecule has 4 aromatic rings. The topological polar surface area (TPSA) is 42.3 Å². The van der Waals surface area contributed by atoms with Crippen LogP contribution in [0.15, 0.2) is 77.8 Å². The Labute approximate surface area is 196 Å². The average Bonchev–Trinajstić information content (AvgIpc) is 3.21. The van der Waals surface area contributed by atoms with Crippen molar-refractivity contribution < 1.29 is 8.42 Å². The van der Waals surface area contributed by atoms with Gasteiger partial charge in [0.25, 0.3) is 0 Å². The SMILES string of the molecule is Cc1cccc(-c2ccc(C3CCN(S(=O)(=O)c4ccc5c(ccn5C)c4)CC3)cc2)c1C. The summed E-state index contributed by atoms with van der Waals surface area (Å²) in [5, 5.41) is 0.956. The van der Waals surface area contributed by atoms with Gasteiger partial charge in [-0.1, -0.05) is 42.5 Å². The maximum atomic E-state index is 13.3. The van der Waals surface area contributed by atoms with Gasteiger partial charge in [0.1, 0.15) is 0 Å². The van der Waals surface area contributed by atoms with Crippen molar-refractivity contribution in [1.29, 1.82) is 0 Å². The van der Waals surface area contributed by atoms with Gasteiger partial charge in [0.2, 0.25) is 10.0 Å². The Kier molecular flexibility index (Phi) is 5.63. The van der Waals surface area contributed by atoms with Crippen molar-refractivity contribution in [3.8, 4) is 11.1 Å².